The smallest absolute Gasteiger partial charge is 0.0598 e. The molecule has 0 unspecified atom stereocenters. The molecule has 0 aliphatic heterocycles. The molecule has 0 aromatic carbocycles. The van der Waals surface area contributed by atoms with Gasteiger partial charge in [-0.25, -0.2) is 0 Å². The van der Waals surface area contributed by atoms with E-state index in [1.54, 1.807) is 0 Å². The molecule has 0 amide bonds. The van der Waals surface area contributed by atoms with Crippen LogP contribution in [-0.2, 0) is 9.47 Å². The van der Waals surface area contributed by atoms with E-state index >= 15 is 0 Å². The fourth-order valence-electron chi connectivity index (χ4n) is 1.71. The first kappa shape index (κ1) is 18.9. The van der Waals surface area contributed by atoms with Gasteiger partial charge in [-0.15, -0.1) is 0 Å². The van der Waals surface area contributed by atoms with Gasteiger partial charge in [0.05, 0.1) is 12.2 Å². The van der Waals surface area contributed by atoms with Gasteiger partial charge in [0.2, 0.25) is 0 Å². The summed E-state index contributed by atoms with van der Waals surface area (Å²) in [6.07, 6.45) is 4.92. The molecule has 0 aliphatic carbocycles. The van der Waals surface area contributed by atoms with Crippen LogP contribution in [0.5, 0.6) is 0 Å². The Morgan fingerprint density at radius 3 is 2.26 bits per heavy atom. The lowest BCUT2D eigenvalue weighted by Gasteiger charge is -2.19. The van der Waals surface area contributed by atoms with Crippen LogP contribution in [0.2, 0.25) is 0 Å². The molecule has 0 saturated carbocycles. The third-order valence-corrected chi connectivity index (χ3v) is 2.78. The van der Waals surface area contributed by atoms with E-state index in [0.29, 0.717) is 0 Å². The van der Waals surface area contributed by atoms with Crippen molar-refractivity contribution in [1.29, 1.82) is 0 Å². The normalized spacial score (nSPS) is 12.3. The largest absolute Gasteiger partial charge is 0.380 e. The van der Waals surface area contributed by atoms with Crippen molar-refractivity contribution in [2.75, 3.05) is 32.9 Å². The molecule has 0 aliphatic rings. The first-order chi connectivity index (χ1) is 8.92. The van der Waals surface area contributed by atoms with Crippen molar-refractivity contribution in [2.45, 2.75) is 65.9 Å². The molecule has 0 radical (unpaired) electrons. The monoisotopic (exact) mass is 273 g/mol. The topological polar surface area (TPSA) is 30.5 Å². The van der Waals surface area contributed by atoms with Crippen molar-refractivity contribution < 1.29 is 9.47 Å². The maximum atomic E-state index is 5.62. The fraction of sp³-hybridized carbons (Fsp3) is 1.00. The molecular formula is C16H35NO2. The Hall–Kier alpha value is -0.120. The molecular weight excluding hydrogens is 238 g/mol. The lowest BCUT2D eigenvalue weighted by molar-refractivity contribution is -0.0137. The summed E-state index contributed by atoms with van der Waals surface area (Å²) in [5.41, 5.74) is -0.0302. The van der Waals surface area contributed by atoms with Crippen molar-refractivity contribution in [3.05, 3.63) is 0 Å². The summed E-state index contributed by atoms with van der Waals surface area (Å²) in [6, 6.07) is 0. The van der Waals surface area contributed by atoms with Gasteiger partial charge in [-0.1, -0.05) is 26.7 Å². The van der Waals surface area contributed by atoms with E-state index in [1.807, 2.05) is 0 Å². The lowest BCUT2D eigenvalue weighted by Crippen LogP contribution is -2.22. The van der Waals surface area contributed by atoms with Crippen LogP contribution in [0.1, 0.15) is 60.3 Å². The highest BCUT2D eigenvalue weighted by Gasteiger charge is 2.08. The molecule has 0 heterocycles. The zero-order valence-electron chi connectivity index (χ0n) is 13.8. The zero-order chi connectivity index (χ0) is 14.6. The van der Waals surface area contributed by atoms with E-state index in [9.17, 15) is 0 Å². The number of nitrogens with one attached hydrogen (secondary N) is 1. The Labute approximate surface area is 120 Å². The van der Waals surface area contributed by atoms with Crippen LogP contribution < -0.4 is 5.32 Å². The molecule has 0 rings (SSSR count). The van der Waals surface area contributed by atoms with E-state index in [0.717, 1.165) is 45.2 Å². The molecule has 0 aromatic rings. The van der Waals surface area contributed by atoms with Gasteiger partial charge in [0.25, 0.3) is 0 Å². The quantitative estimate of drug-likeness (QED) is 0.551. The Balaban J connectivity index is 3.03. The van der Waals surface area contributed by atoms with Crippen molar-refractivity contribution in [2.24, 2.45) is 5.92 Å². The molecule has 0 aromatic heterocycles. The third kappa shape index (κ3) is 17.9. The van der Waals surface area contributed by atoms with E-state index in [2.05, 4.69) is 39.9 Å². The van der Waals surface area contributed by atoms with E-state index < -0.39 is 0 Å². The van der Waals surface area contributed by atoms with Crippen LogP contribution in [0, 0.1) is 5.92 Å². The highest BCUT2D eigenvalue weighted by Crippen LogP contribution is 2.06. The van der Waals surface area contributed by atoms with Gasteiger partial charge in [-0.3, -0.25) is 0 Å². The average Bonchev–Trinajstić information content (AvgIpc) is 2.28. The van der Waals surface area contributed by atoms with Crippen molar-refractivity contribution in [1.82, 2.24) is 5.32 Å². The van der Waals surface area contributed by atoms with Crippen molar-refractivity contribution in [3.63, 3.8) is 0 Å². The summed E-state index contributed by atoms with van der Waals surface area (Å²) in [5.74, 6) is 0.832. The van der Waals surface area contributed by atoms with E-state index in [-0.39, 0.29) is 5.60 Å². The summed E-state index contributed by atoms with van der Waals surface area (Å²) in [6.45, 7) is 15.3. The molecule has 19 heavy (non-hydrogen) atoms. The summed E-state index contributed by atoms with van der Waals surface area (Å²) < 4.78 is 11.2. The number of ether oxygens (including phenoxy) is 2. The fourth-order valence-corrected chi connectivity index (χ4v) is 1.71. The second-order valence-corrected chi connectivity index (χ2v) is 6.57. The first-order valence-corrected chi connectivity index (χ1v) is 7.84. The second kappa shape index (κ2) is 11.7. The average molecular weight is 273 g/mol. The Bertz CT molecular complexity index is 188. The Morgan fingerprint density at radius 1 is 0.895 bits per heavy atom. The number of hydrogen-bond donors (Lipinski definition) is 1. The predicted molar refractivity (Wildman–Crippen MR) is 82.7 cm³/mol. The highest BCUT2D eigenvalue weighted by atomic mass is 16.5. The molecule has 0 bridgehead atoms. The van der Waals surface area contributed by atoms with Gasteiger partial charge < -0.3 is 14.8 Å². The molecule has 0 atom stereocenters. The van der Waals surface area contributed by atoms with Crippen LogP contribution in [0.4, 0.5) is 0 Å². The maximum absolute atomic E-state index is 5.62. The van der Waals surface area contributed by atoms with E-state index in [4.69, 9.17) is 9.47 Å². The number of hydrogen-bond acceptors (Lipinski definition) is 3. The SMILES string of the molecule is CC(C)CCCCNCCOCCCOC(C)(C)C. The van der Waals surface area contributed by atoms with Gasteiger partial charge in [-0.05, 0) is 46.1 Å². The first-order valence-electron chi connectivity index (χ1n) is 7.84. The third-order valence-electron chi connectivity index (χ3n) is 2.78. The van der Waals surface area contributed by atoms with Crippen LogP contribution >= 0.6 is 0 Å². The molecule has 116 valence electrons. The minimum Gasteiger partial charge on any atom is -0.380 e. The maximum Gasteiger partial charge on any atom is 0.0598 e. The Morgan fingerprint density at radius 2 is 1.63 bits per heavy atom. The number of rotatable bonds is 12. The molecule has 3 heteroatoms. The minimum atomic E-state index is -0.0302. The number of unbranched alkanes of at least 4 members (excludes halogenated alkanes) is 1. The van der Waals surface area contributed by atoms with Crippen LogP contribution in [0.25, 0.3) is 0 Å². The van der Waals surface area contributed by atoms with Crippen LogP contribution in [0.15, 0.2) is 0 Å². The van der Waals surface area contributed by atoms with Gasteiger partial charge in [0.1, 0.15) is 0 Å². The summed E-state index contributed by atoms with van der Waals surface area (Å²) in [5, 5.41) is 3.42. The second-order valence-electron chi connectivity index (χ2n) is 6.57. The lowest BCUT2D eigenvalue weighted by atomic mass is 10.1. The highest BCUT2D eigenvalue weighted by molar-refractivity contribution is 4.58. The zero-order valence-corrected chi connectivity index (χ0v) is 13.8. The molecule has 1 N–H and O–H groups in total. The minimum absolute atomic E-state index is 0.0302. The van der Waals surface area contributed by atoms with Gasteiger partial charge >= 0.3 is 0 Å². The van der Waals surface area contributed by atoms with Gasteiger partial charge in [-0.2, -0.15) is 0 Å². The molecule has 0 spiro atoms. The van der Waals surface area contributed by atoms with Crippen LogP contribution in [0.3, 0.4) is 0 Å². The molecule has 0 saturated heterocycles. The van der Waals surface area contributed by atoms with Gasteiger partial charge in [0.15, 0.2) is 0 Å². The van der Waals surface area contributed by atoms with Gasteiger partial charge in [0, 0.05) is 19.8 Å². The van der Waals surface area contributed by atoms with Crippen molar-refractivity contribution >= 4 is 0 Å². The van der Waals surface area contributed by atoms with E-state index in [1.165, 1.54) is 19.3 Å². The Kier molecular flexibility index (Phi) is 11.6. The standard InChI is InChI=1S/C16H35NO2/c1-15(2)9-6-7-10-17-11-14-18-12-8-13-19-16(3,4)5/h15,17H,6-14H2,1-5H3. The predicted octanol–water partition coefficient (Wildman–Crippen LogP) is 3.62. The summed E-state index contributed by atoms with van der Waals surface area (Å²) in [7, 11) is 0. The molecule has 0 fully saturated rings. The molecule has 3 nitrogen and oxygen atoms in total. The summed E-state index contributed by atoms with van der Waals surface area (Å²) in [4.78, 5) is 0. The van der Waals surface area contributed by atoms with Crippen LogP contribution in [-0.4, -0.2) is 38.5 Å². The van der Waals surface area contributed by atoms with Crippen molar-refractivity contribution in [3.8, 4) is 0 Å². The summed E-state index contributed by atoms with van der Waals surface area (Å²) >= 11 is 0.